The molecule has 1 aliphatic carbocycles. The van der Waals surface area contributed by atoms with E-state index in [0.717, 1.165) is 37.2 Å². The number of nitrogens with one attached hydrogen (secondary N) is 1. The third-order valence-corrected chi connectivity index (χ3v) is 4.91. The lowest BCUT2D eigenvalue weighted by molar-refractivity contribution is 0.729. The molecule has 3 heteroatoms. The molecular weight excluding hydrogens is 330 g/mol. The number of rotatable bonds is 8. The van der Waals surface area contributed by atoms with Gasteiger partial charge in [0.05, 0.1) is 5.71 Å². The van der Waals surface area contributed by atoms with Crippen LogP contribution in [0.3, 0.4) is 0 Å². The van der Waals surface area contributed by atoms with Gasteiger partial charge >= 0.3 is 0 Å². The molecular formula is C24H33N3. The number of benzene rings is 1. The molecule has 1 aromatic carbocycles. The topological polar surface area (TPSA) is 50.4 Å². The molecule has 0 bridgehead atoms. The van der Waals surface area contributed by atoms with Gasteiger partial charge in [0.15, 0.2) is 0 Å². The van der Waals surface area contributed by atoms with E-state index in [4.69, 9.17) is 5.73 Å². The van der Waals surface area contributed by atoms with Crippen molar-refractivity contribution in [2.45, 2.75) is 46.1 Å². The summed E-state index contributed by atoms with van der Waals surface area (Å²) in [6, 6.07) is 7.00. The molecule has 0 radical (unpaired) electrons. The molecule has 3 N–H and O–H groups in total. The summed E-state index contributed by atoms with van der Waals surface area (Å²) in [5.74, 6) is 0. The molecule has 0 aliphatic heterocycles. The minimum absolute atomic E-state index is 0.327. The first kappa shape index (κ1) is 20.9. The number of allylic oxidation sites excluding steroid dienone is 6. The number of likely N-dealkylation sites (N-methyl/N-ethyl adjacent to an activating group) is 1. The zero-order valence-corrected chi connectivity index (χ0v) is 17.1. The van der Waals surface area contributed by atoms with Crippen molar-refractivity contribution < 1.29 is 0 Å². The second-order valence-corrected chi connectivity index (χ2v) is 6.95. The monoisotopic (exact) mass is 363 g/mol. The van der Waals surface area contributed by atoms with Crippen LogP contribution in [0.5, 0.6) is 0 Å². The van der Waals surface area contributed by atoms with Crippen LogP contribution in [-0.4, -0.2) is 25.3 Å². The van der Waals surface area contributed by atoms with Crippen LogP contribution < -0.4 is 11.1 Å². The van der Waals surface area contributed by atoms with Crippen molar-refractivity contribution in [3.8, 4) is 0 Å². The minimum Gasteiger partial charge on any atom is -0.399 e. The second-order valence-electron chi connectivity index (χ2n) is 6.95. The van der Waals surface area contributed by atoms with Crippen LogP contribution in [0, 0.1) is 6.92 Å². The molecule has 1 aliphatic rings. The number of aryl methyl sites for hydroxylation is 2. The fraction of sp³-hybridized carbons (Fsp3) is 0.375. The summed E-state index contributed by atoms with van der Waals surface area (Å²) in [5, 5.41) is 3.22. The van der Waals surface area contributed by atoms with Gasteiger partial charge < -0.3 is 11.1 Å². The fourth-order valence-electron chi connectivity index (χ4n) is 3.08. The Hall–Kier alpha value is -2.39. The third kappa shape index (κ3) is 6.37. The minimum atomic E-state index is 0.327. The summed E-state index contributed by atoms with van der Waals surface area (Å²) in [6.07, 6.45) is 15.6. The van der Waals surface area contributed by atoms with Crippen LogP contribution in [0.4, 0.5) is 0 Å². The predicted molar refractivity (Wildman–Crippen MR) is 118 cm³/mol. The quantitative estimate of drug-likeness (QED) is 0.662. The van der Waals surface area contributed by atoms with Crippen molar-refractivity contribution >= 4 is 5.71 Å². The van der Waals surface area contributed by atoms with Crippen molar-refractivity contribution in [3.63, 3.8) is 0 Å². The lowest BCUT2D eigenvalue weighted by atomic mass is 9.96. The molecule has 0 amide bonds. The van der Waals surface area contributed by atoms with Crippen LogP contribution in [-0.2, 0) is 6.42 Å². The molecule has 27 heavy (non-hydrogen) atoms. The zero-order valence-electron chi connectivity index (χ0n) is 17.1. The normalized spacial score (nSPS) is 16.2. The van der Waals surface area contributed by atoms with Crippen LogP contribution in [0.25, 0.3) is 0 Å². The molecule has 0 fully saturated rings. The molecule has 1 atom stereocenters. The molecule has 144 valence electrons. The standard InChI is InChI=1S/C24H33N3/c1-5-27-24(16-11-19(3)26-4)22-15-13-20(18(2)17-22)12-14-21-9-7-6-8-10-23(21)25/h6,8-11,13,15-17,19,26H,5,7,12,14,25H2,1-4H3/b16-11-,27-24+. The van der Waals surface area contributed by atoms with Crippen molar-refractivity contribution in [1.82, 2.24) is 5.32 Å². The Balaban J connectivity index is 2.13. The largest absolute Gasteiger partial charge is 0.399 e. The SMILES string of the molecule is CC/N=C(\C=C/C(C)NC)c1ccc(CCC2=CCC=CC=C2N)c(C)c1. The van der Waals surface area contributed by atoms with Gasteiger partial charge in [-0.3, -0.25) is 4.99 Å². The van der Waals surface area contributed by atoms with Gasteiger partial charge in [0.25, 0.3) is 0 Å². The Morgan fingerprint density at radius 3 is 2.85 bits per heavy atom. The summed E-state index contributed by atoms with van der Waals surface area (Å²) in [7, 11) is 1.96. The summed E-state index contributed by atoms with van der Waals surface area (Å²) >= 11 is 0. The van der Waals surface area contributed by atoms with Gasteiger partial charge in [0, 0.05) is 18.3 Å². The first-order valence-corrected chi connectivity index (χ1v) is 9.86. The van der Waals surface area contributed by atoms with Crippen molar-refractivity contribution in [1.29, 1.82) is 0 Å². The molecule has 2 rings (SSSR count). The highest BCUT2D eigenvalue weighted by Crippen LogP contribution is 2.20. The Morgan fingerprint density at radius 2 is 2.15 bits per heavy atom. The molecule has 0 heterocycles. The first-order valence-electron chi connectivity index (χ1n) is 9.86. The van der Waals surface area contributed by atoms with E-state index in [-0.39, 0.29) is 0 Å². The van der Waals surface area contributed by atoms with Gasteiger partial charge in [-0.2, -0.15) is 0 Å². The lowest BCUT2D eigenvalue weighted by Crippen LogP contribution is -2.18. The Labute approximate surface area is 164 Å². The van der Waals surface area contributed by atoms with Crippen LogP contribution in [0.1, 0.15) is 43.4 Å². The van der Waals surface area contributed by atoms with Crippen molar-refractivity contribution in [2.24, 2.45) is 10.7 Å². The first-order chi connectivity index (χ1) is 13.0. The molecule has 0 spiro atoms. The summed E-state index contributed by atoms with van der Waals surface area (Å²) < 4.78 is 0. The molecule has 0 saturated carbocycles. The number of hydrogen-bond donors (Lipinski definition) is 2. The van der Waals surface area contributed by atoms with Gasteiger partial charge in [-0.1, -0.05) is 36.4 Å². The highest BCUT2D eigenvalue weighted by Gasteiger charge is 2.07. The van der Waals surface area contributed by atoms with E-state index < -0.39 is 0 Å². The highest BCUT2D eigenvalue weighted by atomic mass is 14.8. The Morgan fingerprint density at radius 1 is 1.33 bits per heavy atom. The van der Waals surface area contributed by atoms with Gasteiger partial charge in [0.1, 0.15) is 0 Å². The molecule has 1 aromatic rings. The van der Waals surface area contributed by atoms with Gasteiger partial charge in [-0.15, -0.1) is 0 Å². The second kappa shape index (κ2) is 10.7. The lowest BCUT2D eigenvalue weighted by Gasteiger charge is -2.12. The molecule has 0 aromatic heterocycles. The average Bonchev–Trinajstić information content (AvgIpc) is 2.88. The summed E-state index contributed by atoms with van der Waals surface area (Å²) in [6.45, 7) is 7.17. The maximum atomic E-state index is 6.16. The van der Waals surface area contributed by atoms with Gasteiger partial charge in [-0.05, 0) is 87.6 Å². The maximum absolute atomic E-state index is 6.16. The predicted octanol–water partition coefficient (Wildman–Crippen LogP) is 4.63. The van der Waals surface area contributed by atoms with E-state index in [1.54, 1.807) is 0 Å². The number of nitrogens with two attached hydrogens (primary N) is 1. The van der Waals surface area contributed by atoms with Crippen molar-refractivity contribution in [2.75, 3.05) is 13.6 Å². The van der Waals surface area contributed by atoms with E-state index in [0.29, 0.717) is 6.04 Å². The molecule has 0 saturated heterocycles. The smallest absolute Gasteiger partial charge is 0.0643 e. The number of nitrogens with zero attached hydrogens (tertiary/aromatic N) is 1. The van der Waals surface area contributed by atoms with E-state index in [2.05, 4.69) is 73.6 Å². The Kier molecular flexibility index (Phi) is 8.28. The van der Waals surface area contributed by atoms with E-state index in [1.165, 1.54) is 22.3 Å². The van der Waals surface area contributed by atoms with E-state index in [9.17, 15) is 0 Å². The van der Waals surface area contributed by atoms with Gasteiger partial charge in [0.2, 0.25) is 0 Å². The third-order valence-electron chi connectivity index (χ3n) is 4.91. The highest BCUT2D eigenvalue weighted by molar-refractivity contribution is 6.08. The fourth-order valence-corrected chi connectivity index (χ4v) is 3.08. The average molecular weight is 364 g/mol. The molecule has 1 unspecified atom stereocenters. The molecule has 3 nitrogen and oxygen atoms in total. The number of hydrogen-bond acceptors (Lipinski definition) is 3. The van der Waals surface area contributed by atoms with Crippen LogP contribution in [0.15, 0.2) is 70.9 Å². The Bertz CT molecular complexity index is 779. The summed E-state index contributed by atoms with van der Waals surface area (Å²) in [4.78, 5) is 4.67. The zero-order chi connectivity index (χ0) is 19.6. The summed E-state index contributed by atoms with van der Waals surface area (Å²) in [5.41, 5.74) is 13.2. The van der Waals surface area contributed by atoms with E-state index in [1.807, 2.05) is 19.2 Å². The van der Waals surface area contributed by atoms with Crippen LogP contribution in [0.2, 0.25) is 0 Å². The van der Waals surface area contributed by atoms with Crippen molar-refractivity contribution in [3.05, 3.63) is 82.6 Å². The maximum Gasteiger partial charge on any atom is 0.0643 e. The van der Waals surface area contributed by atoms with E-state index >= 15 is 0 Å². The van der Waals surface area contributed by atoms with Gasteiger partial charge in [-0.25, -0.2) is 0 Å². The number of aliphatic imine (C=N–C) groups is 1. The van der Waals surface area contributed by atoms with Crippen LogP contribution >= 0.6 is 0 Å².